The summed E-state index contributed by atoms with van der Waals surface area (Å²) in [5, 5.41) is 9.72. The van der Waals surface area contributed by atoms with Crippen LogP contribution in [0.2, 0.25) is 0 Å². The van der Waals surface area contributed by atoms with E-state index in [4.69, 9.17) is 9.84 Å². The van der Waals surface area contributed by atoms with E-state index in [-0.39, 0.29) is 0 Å². The van der Waals surface area contributed by atoms with Crippen molar-refractivity contribution in [1.82, 2.24) is 4.57 Å². The van der Waals surface area contributed by atoms with E-state index < -0.39 is 5.97 Å². The third-order valence-corrected chi connectivity index (χ3v) is 3.13. The third kappa shape index (κ3) is 1.86. The second-order valence-electron chi connectivity index (χ2n) is 4.09. The topological polar surface area (TPSA) is 51.5 Å². The molecule has 18 heavy (non-hydrogen) atoms. The molecule has 0 saturated carbocycles. The second kappa shape index (κ2) is 4.56. The van der Waals surface area contributed by atoms with E-state index >= 15 is 0 Å². The lowest BCUT2D eigenvalue weighted by molar-refractivity contribution is -0.131. The van der Waals surface area contributed by atoms with Gasteiger partial charge in [-0.1, -0.05) is 12.1 Å². The molecule has 0 spiro atoms. The van der Waals surface area contributed by atoms with Crippen LogP contribution in [0.25, 0.3) is 17.0 Å². The smallest absolute Gasteiger partial charge is 0.328 e. The molecule has 0 aliphatic rings. The fourth-order valence-corrected chi connectivity index (χ4v) is 2.16. The fourth-order valence-electron chi connectivity index (χ4n) is 2.16. The maximum atomic E-state index is 10.6. The van der Waals surface area contributed by atoms with Crippen molar-refractivity contribution in [2.45, 2.75) is 6.92 Å². The van der Waals surface area contributed by atoms with Crippen LogP contribution in [0.4, 0.5) is 0 Å². The van der Waals surface area contributed by atoms with Gasteiger partial charge in [-0.05, 0) is 19.1 Å². The van der Waals surface area contributed by atoms with E-state index in [2.05, 4.69) is 0 Å². The van der Waals surface area contributed by atoms with Gasteiger partial charge in [0.1, 0.15) is 5.75 Å². The molecule has 1 aromatic heterocycles. The number of carboxylic acid groups (broad SMARTS) is 1. The number of aromatic nitrogens is 1. The van der Waals surface area contributed by atoms with Crippen LogP contribution >= 0.6 is 0 Å². The number of para-hydroxylation sites is 1. The Labute approximate surface area is 105 Å². The number of hydrogen-bond acceptors (Lipinski definition) is 2. The molecule has 0 amide bonds. The highest BCUT2D eigenvalue weighted by molar-refractivity contribution is 5.97. The van der Waals surface area contributed by atoms with E-state index in [0.717, 1.165) is 34.0 Å². The largest absolute Gasteiger partial charge is 0.495 e. The van der Waals surface area contributed by atoms with Gasteiger partial charge in [0.2, 0.25) is 0 Å². The minimum absolute atomic E-state index is 0.785. The molecular formula is C14H15NO3. The molecule has 2 aromatic rings. The standard InChI is InChI=1S/C14H15NO3/c1-9-10(7-8-13(16)17)11-5-4-6-12(18-3)14(11)15(9)2/h4-8H,1-3H3,(H,16,17)/b8-7+. The van der Waals surface area contributed by atoms with Crippen molar-refractivity contribution in [2.24, 2.45) is 7.05 Å². The summed E-state index contributed by atoms with van der Waals surface area (Å²) < 4.78 is 7.35. The summed E-state index contributed by atoms with van der Waals surface area (Å²) in [4.78, 5) is 10.6. The zero-order chi connectivity index (χ0) is 13.3. The SMILES string of the molecule is COc1cccc2c(/C=C/C(=O)O)c(C)n(C)c12. The molecule has 0 unspecified atom stereocenters. The number of carboxylic acids is 1. The number of rotatable bonds is 3. The first kappa shape index (κ1) is 12.2. The molecule has 0 bridgehead atoms. The van der Waals surface area contributed by atoms with Gasteiger partial charge in [-0.25, -0.2) is 4.79 Å². The summed E-state index contributed by atoms with van der Waals surface area (Å²) in [6.45, 7) is 1.96. The van der Waals surface area contributed by atoms with Crippen molar-refractivity contribution >= 4 is 22.9 Å². The van der Waals surface area contributed by atoms with Crippen molar-refractivity contribution < 1.29 is 14.6 Å². The van der Waals surface area contributed by atoms with Crippen LogP contribution < -0.4 is 4.74 Å². The average molecular weight is 245 g/mol. The monoisotopic (exact) mass is 245 g/mol. The predicted molar refractivity (Wildman–Crippen MR) is 70.9 cm³/mol. The van der Waals surface area contributed by atoms with Gasteiger partial charge < -0.3 is 14.4 Å². The highest BCUT2D eigenvalue weighted by Gasteiger charge is 2.13. The lowest BCUT2D eigenvalue weighted by Crippen LogP contribution is -1.93. The van der Waals surface area contributed by atoms with Crippen molar-refractivity contribution in [3.05, 3.63) is 35.5 Å². The number of ether oxygens (including phenoxy) is 1. The Bertz CT molecular complexity index is 638. The normalized spacial score (nSPS) is 11.3. The predicted octanol–water partition coefficient (Wildman–Crippen LogP) is 2.59. The number of nitrogens with zero attached hydrogens (tertiary/aromatic N) is 1. The number of carbonyl (C=O) groups is 1. The molecule has 0 aliphatic carbocycles. The summed E-state index contributed by atoms with van der Waals surface area (Å²) in [6.07, 6.45) is 2.78. The van der Waals surface area contributed by atoms with Gasteiger partial charge in [-0.15, -0.1) is 0 Å². The molecule has 94 valence electrons. The van der Waals surface area contributed by atoms with Crippen LogP contribution in [-0.2, 0) is 11.8 Å². The van der Waals surface area contributed by atoms with E-state index in [0.29, 0.717) is 0 Å². The molecule has 0 aliphatic heterocycles. The summed E-state index contributed by atoms with van der Waals surface area (Å²) in [6, 6.07) is 5.76. The highest BCUT2D eigenvalue weighted by atomic mass is 16.5. The van der Waals surface area contributed by atoms with Crippen LogP contribution in [0.1, 0.15) is 11.3 Å². The van der Waals surface area contributed by atoms with Gasteiger partial charge in [0, 0.05) is 29.8 Å². The first-order valence-corrected chi connectivity index (χ1v) is 5.59. The van der Waals surface area contributed by atoms with Crippen molar-refractivity contribution in [1.29, 1.82) is 0 Å². The second-order valence-corrected chi connectivity index (χ2v) is 4.09. The van der Waals surface area contributed by atoms with Crippen LogP contribution in [-0.4, -0.2) is 22.8 Å². The Kier molecular flexibility index (Phi) is 3.10. The summed E-state index contributed by atoms with van der Waals surface area (Å²) in [7, 11) is 3.57. The van der Waals surface area contributed by atoms with E-state index in [9.17, 15) is 4.79 Å². The van der Waals surface area contributed by atoms with Gasteiger partial charge in [0.15, 0.2) is 0 Å². The molecule has 2 rings (SSSR count). The van der Waals surface area contributed by atoms with Crippen molar-refractivity contribution in [2.75, 3.05) is 7.11 Å². The minimum Gasteiger partial charge on any atom is -0.495 e. The van der Waals surface area contributed by atoms with Gasteiger partial charge >= 0.3 is 5.97 Å². The Morgan fingerprint density at radius 1 is 1.44 bits per heavy atom. The van der Waals surface area contributed by atoms with Crippen LogP contribution in [0.15, 0.2) is 24.3 Å². The molecular weight excluding hydrogens is 230 g/mol. The summed E-state index contributed by atoms with van der Waals surface area (Å²) in [5.41, 5.74) is 2.89. The lowest BCUT2D eigenvalue weighted by Gasteiger charge is -2.04. The molecule has 0 atom stereocenters. The zero-order valence-corrected chi connectivity index (χ0v) is 10.6. The molecule has 0 saturated heterocycles. The molecule has 4 heteroatoms. The van der Waals surface area contributed by atoms with E-state index in [1.807, 2.05) is 36.7 Å². The maximum Gasteiger partial charge on any atom is 0.328 e. The first-order chi connectivity index (χ1) is 8.56. The fraction of sp³-hybridized carbons (Fsp3) is 0.214. The number of aryl methyl sites for hydroxylation is 1. The molecule has 1 N–H and O–H groups in total. The molecule has 4 nitrogen and oxygen atoms in total. The molecule has 1 aromatic carbocycles. The first-order valence-electron chi connectivity index (χ1n) is 5.59. The number of methoxy groups -OCH3 is 1. The molecule has 0 radical (unpaired) electrons. The Morgan fingerprint density at radius 3 is 2.78 bits per heavy atom. The Hall–Kier alpha value is -2.23. The van der Waals surface area contributed by atoms with E-state index in [1.165, 1.54) is 0 Å². The number of fused-ring (bicyclic) bond motifs is 1. The molecule has 0 fully saturated rings. The number of hydrogen-bond donors (Lipinski definition) is 1. The quantitative estimate of drug-likeness (QED) is 0.845. The number of benzene rings is 1. The van der Waals surface area contributed by atoms with Crippen LogP contribution in [0.5, 0.6) is 5.75 Å². The van der Waals surface area contributed by atoms with Gasteiger partial charge in [0.05, 0.1) is 12.6 Å². The average Bonchev–Trinajstić information content (AvgIpc) is 2.60. The zero-order valence-electron chi connectivity index (χ0n) is 10.6. The van der Waals surface area contributed by atoms with Gasteiger partial charge in [-0.3, -0.25) is 0 Å². The maximum absolute atomic E-state index is 10.6. The highest BCUT2D eigenvalue weighted by Crippen LogP contribution is 2.32. The molecule has 1 heterocycles. The van der Waals surface area contributed by atoms with Crippen LogP contribution in [0.3, 0.4) is 0 Å². The lowest BCUT2D eigenvalue weighted by atomic mass is 10.1. The van der Waals surface area contributed by atoms with E-state index in [1.54, 1.807) is 13.2 Å². The Morgan fingerprint density at radius 2 is 2.17 bits per heavy atom. The Balaban J connectivity index is 2.75. The van der Waals surface area contributed by atoms with Crippen molar-refractivity contribution in [3.63, 3.8) is 0 Å². The van der Waals surface area contributed by atoms with Crippen LogP contribution in [0, 0.1) is 6.92 Å². The summed E-state index contributed by atoms with van der Waals surface area (Å²) in [5.74, 6) is -0.164. The number of aliphatic carboxylic acids is 1. The minimum atomic E-state index is -0.950. The van der Waals surface area contributed by atoms with Gasteiger partial charge in [0.25, 0.3) is 0 Å². The van der Waals surface area contributed by atoms with Crippen molar-refractivity contribution in [3.8, 4) is 5.75 Å². The van der Waals surface area contributed by atoms with Gasteiger partial charge in [-0.2, -0.15) is 0 Å². The third-order valence-electron chi connectivity index (χ3n) is 3.13. The summed E-state index contributed by atoms with van der Waals surface area (Å²) >= 11 is 0.